The Hall–Kier alpha value is -1.76. The molecule has 0 spiro atoms. The number of halogens is 1. The SMILES string of the molecule is Nc1ccc(S(=O)(=O)Nc2ccc(CO)cc2)c(Cl)c1. The lowest BCUT2D eigenvalue weighted by Crippen LogP contribution is -2.13. The Labute approximate surface area is 122 Å². The number of sulfonamides is 1. The highest BCUT2D eigenvalue weighted by Gasteiger charge is 2.18. The lowest BCUT2D eigenvalue weighted by molar-refractivity contribution is 0.282. The van der Waals surface area contributed by atoms with Gasteiger partial charge >= 0.3 is 0 Å². The van der Waals surface area contributed by atoms with E-state index in [2.05, 4.69) is 4.72 Å². The minimum Gasteiger partial charge on any atom is -0.399 e. The molecule has 20 heavy (non-hydrogen) atoms. The van der Waals surface area contributed by atoms with Gasteiger partial charge in [-0.2, -0.15) is 0 Å². The van der Waals surface area contributed by atoms with Crippen LogP contribution in [0.3, 0.4) is 0 Å². The van der Waals surface area contributed by atoms with E-state index in [0.717, 1.165) is 0 Å². The van der Waals surface area contributed by atoms with Crippen molar-refractivity contribution in [2.45, 2.75) is 11.5 Å². The summed E-state index contributed by atoms with van der Waals surface area (Å²) >= 11 is 5.90. The summed E-state index contributed by atoms with van der Waals surface area (Å²) in [5.41, 5.74) is 7.00. The van der Waals surface area contributed by atoms with Crippen molar-refractivity contribution in [3.63, 3.8) is 0 Å². The summed E-state index contributed by atoms with van der Waals surface area (Å²) in [6.45, 7) is -0.100. The molecule has 0 amide bonds. The fourth-order valence-corrected chi connectivity index (χ4v) is 3.24. The van der Waals surface area contributed by atoms with Gasteiger partial charge in [0, 0.05) is 11.4 Å². The van der Waals surface area contributed by atoms with E-state index in [0.29, 0.717) is 16.9 Å². The first-order valence-electron chi connectivity index (χ1n) is 5.70. The molecule has 2 aromatic rings. The Morgan fingerprint density at radius 2 is 1.80 bits per heavy atom. The largest absolute Gasteiger partial charge is 0.399 e. The van der Waals surface area contributed by atoms with Crippen molar-refractivity contribution in [1.29, 1.82) is 0 Å². The highest BCUT2D eigenvalue weighted by Crippen LogP contribution is 2.25. The zero-order chi connectivity index (χ0) is 14.8. The van der Waals surface area contributed by atoms with Crippen LogP contribution in [0.2, 0.25) is 5.02 Å². The summed E-state index contributed by atoms with van der Waals surface area (Å²) in [5.74, 6) is 0. The van der Waals surface area contributed by atoms with Gasteiger partial charge < -0.3 is 10.8 Å². The van der Waals surface area contributed by atoms with Crippen LogP contribution in [-0.2, 0) is 16.6 Å². The molecule has 2 rings (SSSR count). The Morgan fingerprint density at radius 3 is 2.35 bits per heavy atom. The monoisotopic (exact) mass is 312 g/mol. The van der Waals surface area contributed by atoms with Gasteiger partial charge in [0.2, 0.25) is 0 Å². The molecule has 106 valence electrons. The zero-order valence-corrected chi connectivity index (χ0v) is 11.9. The van der Waals surface area contributed by atoms with E-state index in [-0.39, 0.29) is 16.5 Å². The normalized spacial score (nSPS) is 11.3. The lowest BCUT2D eigenvalue weighted by atomic mass is 10.2. The van der Waals surface area contributed by atoms with E-state index in [1.54, 1.807) is 24.3 Å². The van der Waals surface area contributed by atoms with Crippen LogP contribution in [0.15, 0.2) is 47.4 Å². The first-order chi connectivity index (χ1) is 9.42. The number of hydrogen-bond donors (Lipinski definition) is 3. The van der Waals surface area contributed by atoms with Gasteiger partial charge in [-0.3, -0.25) is 4.72 Å². The van der Waals surface area contributed by atoms with Gasteiger partial charge in [-0.1, -0.05) is 23.7 Å². The van der Waals surface area contributed by atoms with Crippen LogP contribution in [-0.4, -0.2) is 13.5 Å². The molecule has 0 radical (unpaired) electrons. The van der Waals surface area contributed by atoms with E-state index in [9.17, 15) is 8.42 Å². The van der Waals surface area contributed by atoms with E-state index < -0.39 is 10.0 Å². The van der Waals surface area contributed by atoms with Crippen LogP contribution in [0.1, 0.15) is 5.56 Å². The Morgan fingerprint density at radius 1 is 1.15 bits per heavy atom. The molecule has 2 aromatic carbocycles. The molecule has 0 aliphatic rings. The van der Waals surface area contributed by atoms with Crippen LogP contribution >= 0.6 is 11.6 Å². The molecule has 0 atom stereocenters. The third-order valence-corrected chi connectivity index (χ3v) is 4.50. The van der Waals surface area contributed by atoms with E-state index >= 15 is 0 Å². The predicted octanol–water partition coefficient (Wildman–Crippen LogP) is 2.22. The van der Waals surface area contributed by atoms with E-state index in [1.165, 1.54) is 18.2 Å². The Kier molecular flexibility index (Phi) is 4.17. The number of nitrogens with two attached hydrogens (primary N) is 1. The van der Waals surface area contributed by atoms with Crippen molar-refractivity contribution in [2.75, 3.05) is 10.5 Å². The third-order valence-electron chi connectivity index (χ3n) is 2.63. The summed E-state index contributed by atoms with van der Waals surface area (Å²) < 4.78 is 26.8. The topological polar surface area (TPSA) is 92.4 Å². The van der Waals surface area contributed by atoms with E-state index in [1.807, 2.05) is 0 Å². The maximum Gasteiger partial charge on any atom is 0.263 e. The first-order valence-corrected chi connectivity index (χ1v) is 7.56. The molecule has 0 saturated carbocycles. The smallest absolute Gasteiger partial charge is 0.263 e. The number of rotatable bonds is 4. The summed E-state index contributed by atoms with van der Waals surface area (Å²) in [6, 6.07) is 10.6. The second-order valence-electron chi connectivity index (χ2n) is 4.15. The van der Waals surface area contributed by atoms with E-state index in [4.69, 9.17) is 22.4 Å². The second-order valence-corrected chi connectivity index (χ2v) is 6.21. The van der Waals surface area contributed by atoms with Gasteiger partial charge in [0.1, 0.15) is 4.90 Å². The molecule has 0 unspecified atom stereocenters. The zero-order valence-electron chi connectivity index (χ0n) is 10.4. The van der Waals surface area contributed by atoms with Crippen LogP contribution in [0, 0.1) is 0 Å². The molecular formula is C13H13ClN2O3S. The van der Waals surface area contributed by atoms with Crippen molar-refractivity contribution in [1.82, 2.24) is 0 Å². The molecule has 5 nitrogen and oxygen atoms in total. The number of nitrogens with one attached hydrogen (secondary N) is 1. The second kappa shape index (κ2) is 5.70. The summed E-state index contributed by atoms with van der Waals surface area (Å²) in [5, 5.41) is 8.99. The quantitative estimate of drug-likeness (QED) is 0.755. The fraction of sp³-hybridized carbons (Fsp3) is 0.0769. The standard InChI is InChI=1S/C13H13ClN2O3S/c14-12-7-10(15)3-6-13(12)20(18,19)16-11-4-1-9(8-17)2-5-11/h1-7,16-17H,8,15H2. The highest BCUT2D eigenvalue weighted by atomic mass is 35.5. The van der Waals surface area contributed by atoms with Gasteiger partial charge in [-0.15, -0.1) is 0 Å². The molecule has 0 aromatic heterocycles. The Balaban J connectivity index is 2.30. The molecule has 0 heterocycles. The number of nitrogen functional groups attached to an aromatic ring is 1. The van der Waals surface area contributed by atoms with Gasteiger partial charge in [0.15, 0.2) is 0 Å². The minimum absolute atomic E-state index is 0.0420. The maximum absolute atomic E-state index is 12.2. The number of anilines is 2. The van der Waals surface area contributed by atoms with Crippen molar-refractivity contribution in [2.24, 2.45) is 0 Å². The highest BCUT2D eigenvalue weighted by molar-refractivity contribution is 7.92. The molecule has 0 fully saturated rings. The van der Waals surface area contributed by atoms with Gasteiger partial charge in [0.05, 0.1) is 11.6 Å². The maximum atomic E-state index is 12.2. The molecule has 4 N–H and O–H groups in total. The summed E-state index contributed by atoms with van der Waals surface area (Å²) in [6.07, 6.45) is 0. The fourth-order valence-electron chi connectivity index (χ4n) is 1.62. The van der Waals surface area contributed by atoms with Gasteiger partial charge in [0.25, 0.3) is 10.0 Å². The van der Waals surface area contributed by atoms with Crippen LogP contribution in [0.25, 0.3) is 0 Å². The Bertz CT molecular complexity index is 715. The average Bonchev–Trinajstić information content (AvgIpc) is 2.38. The number of benzene rings is 2. The lowest BCUT2D eigenvalue weighted by Gasteiger charge is -2.10. The van der Waals surface area contributed by atoms with Crippen molar-refractivity contribution >= 4 is 33.0 Å². The molecule has 0 saturated heterocycles. The van der Waals surface area contributed by atoms with Crippen LogP contribution in [0.5, 0.6) is 0 Å². The molecule has 0 aliphatic heterocycles. The van der Waals surface area contributed by atoms with Gasteiger partial charge in [-0.05, 0) is 35.9 Å². The summed E-state index contributed by atoms with van der Waals surface area (Å²) in [7, 11) is -3.78. The number of aliphatic hydroxyl groups excluding tert-OH is 1. The van der Waals surface area contributed by atoms with Gasteiger partial charge in [-0.25, -0.2) is 8.42 Å². The number of hydrogen-bond acceptors (Lipinski definition) is 4. The summed E-state index contributed by atoms with van der Waals surface area (Å²) in [4.78, 5) is -0.0420. The number of aliphatic hydroxyl groups is 1. The predicted molar refractivity (Wildman–Crippen MR) is 79.0 cm³/mol. The van der Waals surface area contributed by atoms with Crippen molar-refractivity contribution < 1.29 is 13.5 Å². The molecule has 7 heteroatoms. The molecule has 0 aliphatic carbocycles. The van der Waals surface area contributed by atoms with Crippen LogP contribution in [0.4, 0.5) is 11.4 Å². The average molecular weight is 313 g/mol. The van der Waals surface area contributed by atoms with Crippen LogP contribution < -0.4 is 10.5 Å². The van der Waals surface area contributed by atoms with Crippen molar-refractivity contribution in [3.05, 3.63) is 53.1 Å². The first kappa shape index (κ1) is 14.6. The molecule has 0 bridgehead atoms. The molecular weight excluding hydrogens is 300 g/mol. The van der Waals surface area contributed by atoms with Crippen molar-refractivity contribution in [3.8, 4) is 0 Å². The third kappa shape index (κ3) is 3.22. The minimum atomic E-state index is -3.78.